The van der Waals surface area contributed by atoms with Crippen LogP contribution < -0.4 is 5.73 Å². The summed E-state index contributed by atoms with van der Waals surface area (Å²) in [5.74, 6) is 0.322. The van der Waals surface area contributed by atoms with E-state index in [9.17, 15) is 0 Å². The van der Waals surface area contributed by atoms with E-state index in [1.54, 1.807) is 30.9 Å². The summed E-state index contributed by atoms with van der Waals surface area (Å²) in [4.78, 5) is 11.1. The maximum Gasteiger partial charge on any atom is 0.219 e. The van der Waals surface area contributed by atoms with E-state index in [-0.39, 0.29) is 0 Å². The van der Waals surface area contributed by atoms with Crippen molar-refractivity contribution in [2.75, 3.05) is 5.73 Å². The molecule has 0 aliphatic carbocycles. The Bertz CT molecular complexity index is 282. The fourth-order valence-corrected chi connectivity index (χ4v) is 0.623. The average Bonchev–Trinajstić information content (AvgIpc) is 2.22. The number of pyridine rings is 1. The minimum atomic E-state index is 0.322. The lowest BCUT2D eigenvalue weighted by atomic mass is 10.5. The Kier molecular flexibility index (Phi) is 3.96. The van der Waals surface area contributed by atoms with E-state index in [4.69, 9.17) is 5.73 Å². The van der Waals surface area contributed by atoms with Crippen molar-refractivity contribution >= 4 is 5.95 Å². The lowest BCUT2D eigenvalue weighted by Crippen LogP contribution is -1.90. The van der Waals surface area contributed by atoms with Crippen LogP contribution in [0, 0.1) is 0 Å². The fourth-order valence-electron chi connectivity index (χ4n) is 0.623. The summed E-state index contributed by atoms with van der Waals surface area (Å²) in [7, 11) is 0. The highest BCUT2D eigenvalue weighted by Gasteiger charge is 1.75. The Balaban J connectivity index is 0.000000132. The van der Waals surface area contributed by atoms with E-state index in [0.29, 0.717) is 5.95 Å². The summed E-state index contributed by atoms with van der Waals surface area (Å²) in [6.07, 6.45) is 6.70. The van der Waals surface area contributed by atoms with Gasteiger partial charge in [0.25, 0.3) is 0 Å². The van der Waals surface area contributed by atoms with E-state index in [1.807, 2.05) is 18.2 Å². The van der Waals surface area contributed by atoms with Crippen molar-refractivity contribution < 1.29 is 0 Å². The largest absolute Gasteiger partial charge is 0.368 e. The molecule has 4 nitrogen and oxygen atoms in total. The van der Waals surface area contributed by atoms with Crippen LogP contribution in [0.2, 0.25) is 0 Å². The zero-order valence-electron chi connectivity index (χ0n) is 7.04. The zero-order chi connectivity index (χ0) is 9.36. The predicted molar refractivity (Wildman–Crippen MR) is 50.7 cm³/mol. The van der Waals surface area contributed by atoms with Crippen LogP contribution >= 0.6 is 0 Å². The molecule has 0 aliphatic heterocycles. The van der Waals surface area contributed by atoms with E-state index in [2.05, 4.69) is 15.0 Å². The number of aromatic nitrogens is 3. The molecule has 0 atom stereocenters. The van der Waals surface area contributed by atoms with Gasteiger partial charge in [-0.3, -0.25) is 4.98 Å². The molecular weight excluding hydrogens is 164 g/mol. The second-order valence-electron chi connectivity index (χ2n) is 2.13. The van der Waals surface area contributed by atoms with Gasteiger partial charge in [-0.05, 0) is 18.2 Å². The Labute approximate surface area is 76.5 Å². The normalized spacial score (nSPS) is 8.31. The maximum absolute atomic E-state index is 5.14. The van der Waals surface area contributed by atoms with E-state index in [1.165, 1.54) is 0 Å². The van der Waals surface area contributed by atoms with Crippen LogP contribution in [0.5, 0.6) is 0 Å². The third-order valence-corrected chi connectivity index (χ3v) is 1.15. The molecule has 0 fully saturated rings. The van der Waals surface area contributed by atoms with Gasteiger partial charge in [-0.1, -0.05) is 6.07 Å². The minimum absolute atomic E-state index is 0.322. The van der Waals surface area contributed by atoms with Gasteiger partial charge < -0.3 is 5.73 Å². The Hall–Kier alpha value is -1.97. The van der Waals surface area contributed by atoms with Crippen LogP contribution in [0.1, 0.15) is 0 Å². The third kappa shape index (κ3) is 4.47. The number of nitrogens with zero attached hydrogens (tertiary/aromatic N) is 3. The van der Waals surface area contributed by atoms with Crippen molar-refractivity contribution in [1.29, 1.82) is 0 Å². The molecule has 0 unspecified atom stereocenters. The summed E-state index contributed by atoms with van der Waals surface area (Å²) in [6, 6.07) is 7.43. The summed E-state index contributed by atoms with van der Waals surface area (Å²) >= 11 is 0. The van der Waals surface area contributed by atoms with Crippen molar-refractivity contribution in [3.63, 3.8) is 0 Å². The molecule has 2 aromatic rings. The molecule has 2 N–H and O–H groups in total. The van der Waals surface area contributed by atoms with Crippen molar-refractivity contribution in [3.05, 3.63) is 49.1 Å². The standard InChI is InChI=1S/C5H5N.C4H5N3/c1-2-4-6-5-3-1;5-4-6-2-1-3-7-4/h1-5H;1-3H,(H2,5,6,7). The molecule has 4 heteroatoms. The molecule has 0 spiro atoms. The van der Waals surface area contributed by atoms with Crippen molar-refractivity contribution in [2.24, 2.45) is 0 Å². The molecule has 0 aliphatic rings. The van der Waals surface area contributed by atoms with Gasteiger partial charge in [-0.2, -0.15) is 0 Å². The smallest absolute Gasteiger partial charge is 0.219 e. The van der Waals surface area contributed by atoms with Crippen LogP contribution in [0.25, 0.3) is 0 Å². The minimum Gasteiger partial charge on any atom is -0.368 e. The van der Waals surface area contributed by atoms with Gasteiger partial charge in [0.2, 0.25) is 5.95 Å². The van der Waals surface area contributed by atoms with Gasteiger partial charge in [-0.25, -0.2) is 9.97 Å². The zero-order valence-corrected chi connectivity index (χ0v) is 7.04. The first-order chi connectivity index (χ1) is 6.39. The van der Waals surface area contributed by atoms with Gasteiger partial charge in [0.05, 0.1) is 0 Å². The molecule has 0 saturated carbocycles. The van der Waals surface area contributed by atoms with Gasteiger partial charge >= 0.3 is 0 Å². The predicted octanol–water partition coefficient (Wildman–Crippen LogP) is 1.14. The third-order valence-electron chi connectivity index (χ3n) is 1.15. The summed E-state index contributed by atoms with van der Waals surface area (Å²) < 4.78 is 0. The molecule has 0 radical (unpaired) electrons. The lowest BCUT2D eigenvalue weighted by molar-refractivity contribution is 1.19. The molecule has 66 valence electrons. The Morgan fingerprint density at radius 1 is 0.769 bits per heavy atom. The highest BCUT2D eigenvalue weighted by atomic mass is 15.0. The first kappa shape index (κ1) is 9.12. The van der Waals surface area contributed by atoms with Crippen molar-refractivity contribution in [3.8, 4) is 0 Å². The maximum atomic E-state index is 5.14. The van der Waals surface area contributed by atoms with Crippen LogP contribution in [-0.4, -0.2) is 15.0 Å². The van der Waals surface area contributed by atoms with Crippen LogP contribution in [-0.2, 0) is 0 Å². The monoisotopic (exact) mass is 174 g/mol. The first-order valence-electron chi connectivity index (χ1n) is 3.77. The second-order valence-corrected chi connectivity index (χ2v) is 2.13. The number of hydrogen-bond acceptors (Lipinski definition) is 4. The highest BCUT2D eigenvalue weighted by molar-refractivity contribution is 5.11. The molecule has 2 rings (SSSR count). The fraction of sp³-hybridized carbons (Fsp3) is 0. The van der Waals surface area contributed by atoms with Crippen LogP contribution in [0.15, 0.2) is 49.1 Å². The quantitative estimate of drug-likeness (QED) is 0.650. The first-order valence-corrected chi connectivity index (χ1v) is 3.77. The second kappa shape index (κ2) is 5.65. The number of nitrogen functional groups attached to an aromatic ring is 1. The molecule has 2 heterocycles. The van der Waals surface area contributed by atoms with Gasteiger partial charge in [0, 0.05) is 24.8 Å². The summed E-state index contributed by atoms with van der Waals surface area (Å²) in [6.45, 7) is 0. The van der Waals surface area contributed by atoms with E-state index >= 15 is 0 Å². The van der Waals surface area contributed by atoms with Gasteiger partial charge in [0.1, 0.15) is 0 Å². The number of anilines is 1. The molecule has 2 aromatic heterocycles. The van der Waals surface area contributed by atoms with E-state index in [0.717, 1.165) is 0 Å². The van der Waals surface area contributed by atoms with Crippen molar-refractivity contribution in [1.82, 2.24) is 15.0 Å². The van der Waals surface area contributed by atoms with E-state index < -0.39 is 0 Å². The lowest BCUT2D eigenvalue weighted by Gasteiger charge is -1.82. The molecule has 0 bridgehead atoms. The molecule has 0 amide bonds. The number of nitrogens with two attached hydrogens (primary N) is 1. The average molecular weight is 174 g/mol. The Morgan fingerprint density at radius 2 is 1.38 bits per heavy atom. The van der Waals surface area contributed by atoms with Crippen LogP contribution in [0.3, 0.4) is 0 Å². The molecule has 0 saturated heterocycles. The molecule has 13 heavy (non-hydrogen) atoms. The molecule has 0 aromatic carbocycles. The number of hydrogen-bond donors (Lipinski definition) is 1. The Morgan fingerprint density at radius 3 is 1.62 bits per heavy atom. The SMILES string of the molecule is Nc1ncccn1.c1ccncc1. The van der Waals surface area contributed by atoms with Gasteiger partial charge in [-0.15, -0.1) is 0 Å². The number of rotatable bonds is 0. The van der Waals surface area contributed by atoms with Crippen LogP contribution in [0.4, 0.5) is 5.95 Å². The highest BCUT2D eigenvalue weighted by Crippen LogP contribution is 1.81. The topological polar surface area (TPSA) is 64.7 Å². The summed E-state index contributed by atoms with van der Waals surface area (Å²) in [5, 5.41) is 0. The summed E-state index contributed by atoms with van der Waals surface area (Å²) in [5.41, 5.74) is 5.14. The molecular formula is C9H10N4. The van der Waals surface area contributed by atoms with Gasteiger partial charge in [0.15, 0.2) is 0 Å². The van der Waals surface area contributed by atoms with Crippen molar-refractivity contribution in [2.45, 2.75) is 0 Å².